The average molecular weight is 452 g/mol. The van der Waals surface area contributed by atoms with Crippen LogP contribution in [-0.4, -0.2) is 43.4 Å². The van der Waals surface area contributed by atoms with Crippen molar-refractivity contribution in [3.05, 3.63) is 47.3 Å². The molecule has 0 radical (unpaired) electrons. The first kappa shape index (κ1) is 20.6. The second-order valence-electron chi connectivity index (χ2n) is 10.2. The van der Waals surface area contributed by atoms with Crippen molar-refractivity contribution in [2.45, 2.75) is 50.0 Å². The molecule has 0 saturated heterocycles. The third-order valence-corrected chi connectivity index (χ3v) is 8.30. The molecular weight excluding hydrogens is 422 g/mol. The van der Waals surface area contributed by atoms with Crippen molar-refractivity contribution in [1.29, 1.82) is 0 Å². The zero-order valence-corrected chi connectivity index (χ0v) is 19.0. The summed E-state index contributed by atoms with van der Waals surface area (Å²) in [6, 6.07) is 5.51. The van der Waals surface area contributed by atoms with Crippen LogP contribution in [0.2, 0.25) is 0 Å². The van der Waals surface area contributed by atoms with Crippen molar-refractivity contribution in [1.82, 2.24) is 4.90 Å². The minimum Gasteiger partial charge on any atom is -0.466 e. The van der Waals surface area contributed by atoms with Gasteiger partial charge in [0.1, 0.15) is 0 Å². The number of nitrogens with zero attached hydrogens (tertiary/aromatic N) is 1. The van der Waals surface area contributed by atoms with E-state index in [1.165, 1.54) is 33.5 Å². The normalized spacial score (nSPS) is 31.8. The monoisotopic (exact) mass is 451 g/mol. The third-order valence-electron chi connectivity index (χ3n) is 8.30. The van der Waals surface area contributed by atoms with E-state index in [1.54, 1.807) is 0 Å². The number of carbonyl (C=O) groups excluding carboxylic acids is 2. The first-order chi connectivity index (χ1) is 16.0. The van der Waals surface area contributed by atoms with E-state index in [4.69, 9.17) is 18.9 Å². The Labute approximate surface area is 193 Å². The number of benzene rings is 1. The van der Waals surface area contributed by atoms with Crippen molar-refractivity contribution in [3.8, 4) is 11.5 Å². The van der Waals surface area contributed by atoms with Crippen molar-refractivity contribution < 1.29 is 28.5 Å². The van der Waals surface area contributed by atoms with Gasteiger partial charge in [-0.05, 0) is 74.0 Å². The molecule has 6 aliphatic rings. The Morgan fingerprint density at radius 2 is 1.42 bits per heavy atom. The Morgan fingerprint density at radius 3 is 1.97 bits per heavy atom. The van der Waals surface area contributed by atoms with Gasteiger partial charge in [0.25, 0.3) is 0 Å². The van der Waals surface area contributed by atoms with Crippen molar-refractivity contribution in [3.63, 3.8) is 0 Å². The molecule has 0 N–H and O–H groups in total. The SMILES string of the molecule is COC(=O)C1=CN(C23CC4CC(CC(C4)C2)C3)C=C(C(=O)OC)C1c1ccc2c(c1)OCO2. The van der Waals surface area contributed by atoms with Crippen molar-refractivity contribution in [2.75, 3.05) is 21.0 Å². The molecule has 0 aromatic heterocycles. The van der Waals surface area contributed by atoms with Crippen LogP contribution in [0.25, 0.3) is 0 Å². The van der Waals surface area contributed by atoms with Crippen LogP contribution in [0.1, 0.15) is 50.0 Å². The highest BCUT2D eigenvalue weighted by Crippen LogP contribution is 2.59. The fourth-order valence-electron chi connectivity index (χ4n) is 7.34. The highest BCUT2D eigenvalue weighted by Gasteiger charge is 2.54. The fourth-order valence-corrected chi connectivity index (χ4v) is 7.34. The highest BCUT2D eigenvalue weighted by molar-refractivity contribution is 5.98. The predicted octanol–water partition coefficient (Wildman–Crippen LogP) is 3.90. The number of rotatable bonds is 4. The van der Waals surface area contributed by atoms with Crippen LogP contribution in [0.3, 0.4) is 0 Å². The van der Waals surface area contributed by atoms with Gasteiger partial charge in [0.15, 0.2) is 11.5 Å². The number of hydrogen-bond acceptors (Lipinski definition) is 7. The summed E-state index contributed by atoms with van der Waals surface area (Å²) in [5, 5.41) is 0. The van der Waals surface area contributed by atoms with Crippen LogP contribution >= 0.6 is 0 Å². The number of carbonyl (C=O) groups is 2. The van der Waals surface area contributed by atoms with Crippen LogP contribution < -0.4 is 9.47 Å². The molecule has 7 nitrogen and oxygen atoms in total. The van der Waals surface area contributed by atoms with Crippen LogP contribution in [0, 0.1) is 17.8 Å². The Bertz CT molecular complexity index is 1000. The Kier molecular flexibility index (Phi) is 4.71. The summed E-state index contributed by atoms with van der Waals surface area (Å²) in [5.41, 5.74) is 1.59. The molecule has 2 heterocycles. The van der Waals surface area contributed by atoms with Gasteiger partial charge < -0.3 is 23.8 Å². The molecule has 1 aromatic carbocycles. The average Bonchev–Trinajstić information content (AvgIpc) is 3.29. The Hall–Kier alpha value is -2.96. The lowest BCUT2D eigenvalue weighted by Gasteiger charge is -2.60. The zero-order chi connectivity index (χ0) is 22.7. The molecule has 4 saturated carbocycles. The summed E-state index contributed by atoms with van der Waals surface area (Å²) >= 11 is 0. The quantitative estimate of drug-likeness (QED) is 0.643. The molecule has 1 aromatic rings. The molecule has 33 heavy (non-hydrogen) atoms. The predicted molar refractivity (Wildman–Crippen MR) is 118 cm³/mol. The van der Waals surface area contributed by atoms with E-state index in [1.807, 2.05) is 30.6 Å². The first-order valence-corrected chi connectivity index (χ1v) is 11.8. The fraction of sp³-hybridized carbons (Fsp3) is 0.538. The van der Waals surface area contributed by atoms with Crippen LogP contribution in [0.5, 0.6) is 11.5 Å². The number of hydrogen-bond donors (Lipinski definition) is 0. The van der Waals surface area contributed by atoms with Gasteiger partial charge in [0.2, 0.25) is 6.79 Å². The molecule has 7 rings (SSSR count). The number of methoxy groups -OCH3 is 2. The zero-order valence-electron chi connectivity index (χ0n) is 19.0. The second kappa shape index (κ2) is 7.54. The number of ether oxygens (including phenoxy) is 4. The van der Waals surface area contributed by atoms with Gasteiger partial charge in [-0.1, -0.05) is 6.07 Å². The van der Waals surface area contributed by atoms with Crippen molar-refractivity contribution >= 4 is 11.9 Å². The van der Waals surface area contributed by atoms with Gasteiger partial charge in [-0.15, -0.1) is 0 Å². The van der Waals surface area contributed by atoms with Gasteiger partial charge in [-0.3, -0.25) is 0 Å². The Balaban J connectivity index is 1.46. The number of fused-ring (bicyclic) bond motifs is 1. The van der Waals surface area contributed by atoms with Gasteiger partial charge in [0, 0.05) is 17.9 Å². The molecule has 4 fully saturated rings. The Morgan fingerprint density at radius 1 is 0.879 bits per heavy atom. The van der Waals surface area contributed by atoms with Gasteiger partial charge in [-0.2, -0.15) is 0 Å². The van der Waals surface area contributed by atoms with E-state index in [2.05, 4.69) is 4.90 Å². The van der Waals surface area contributed by atoms with E-state index in [9.17, 15) is 9.59 Å². The van der Waals surface area contributed by atoms with E-state index < -0.39 is 17.9 Å². The standard InChI is InChI=1S/C26H29NO6/c1-30-24(28)19-12-27(26-9-15-5-16(10-26)7-17(6-15)11-26)13-20(25(29)31-2)23(19)18-3-4-21-22(8-18)33-14-32-21/h3-4,8,12-13,15-17,23H,5-7,9-11,14H2,1-2H3. The minimum absolute atomic E-state index is 0.0485. The summed E-state index contributed by atoms with van der Waals surface area (Å²) in [4.78, 5) is 28.3. The number of esters is 2. The largest absolute Gasteiger partial charge is 0.466 e. The molecule has 0 spiro atoms. The first-order valence-electron chi connectivity index (χ1n) is 11.8. The van der Waals surface area contributed by atoms with E-state index in [0.29, 0.717) is 22.6 Å². The minimum atomic E-state index is -0.607. The molecule has 0 unspecified atom stereocenters. The molecule has 4 aliphatic carbocycles. The molecule has 0 amide bonds. The lowest BCUT2D eigenvalue weighted by Crippen LogP contribution is -2.57. The molecule has 7 heteroatoms. The third kappa shape index (κ3) is 3.23. The summed E-state index contributed by atoms with van der Waals surface area (Å²) in [6.07, 6.45) is 11.1. The van der Waals surface area contributed by atoms with Gasteiger partial charge in [-0.25, -0.2) is 9.59 Å². The molecule has 174 valence electrons. The van der Waals surface area contributed by atoms with Crippen molar-refractivity contribution in [2.24, 2.45) is 17.8 Å². The van der Waals surface area contributed by atoms with Gasteiger partial charge in [0.05, 0.1) is 31.3 Å². The topological polar surface area (TPSA) is 74.3 Å². The molecular formula is C26H29NO6. The molecule has 2 aliphatic heterocycles. The van der Waals surface area contributed by atoms with E-state index >= 15 is 0 Å². The molecule has 4 bridgehead atoms. The maximum Gasteiger partial charge on any atom is 0.336 e. The summed E-state index contributed by atoms with van der Waals surface area (Å²) in [6.45, 7) is 0.155. The maximum absolute atomic E-state index is 13.1. The lowest BCUT2D eigenvalue weighted by molar-refractivity contribution is -0.137. The maximum atomic E-state index is 13.1. The molecule has 0 atom stereocenters. The van der Waals surface area contributed by atoms with Crippen LogP contribution in [0.4, 0.5) is 0 Å². The lowest BCUT2D eigenvalue weighted by atomic mass is 9.52. The van der Waals surface area contributed by atoms with Crippen LogP contribution in [-0.2, 0) is 19.1 Å². The summed E-state index contributed by atoms with van der Waals surface area (Å²) in [7, 11) is 2.76. The highest BCUT2D eigenvalue weighted by atomic mass is 16.7. The second-order valence-corrected chi connectivity index (χ2v) is 10.2. The van der Waals surface area contributed by atoms with Crippen LogP contribution in [0.15, 0.2) is 41.7 Å². The van der Waals surface area contributed by atoms with E-state index in [0.717, 1.165) is 42.6 Å². The smallest absolute Gasteiger partial charge is 0.336 e. The van der Waals surface area contributed by atoms with E-state index in [-0.39, 0.29) is 12.3 Å². The summed E-state index contributed by atoms with van der Waals surface area (Å²) < 4.78 is 21.4. The van der Waals surface area contributed by atoms with Gasteiger partial charge >= 0.3 is 11.9 Å². The summed E-state index contributed by atoms with van der Waals surface area (Å²) in [5.74, 6) is 1.95.